The van der Waals surface area contributed by atoms with Gasteiger partial charge in [0.1, 0.15) is 0 Å². The van der Waals surface area contributed by atoms with Crippen molar-refractivity contribution in [3.63, 3.8) is 0 Å². The van der Waals surface area contributed by atoms with Gasteiger partial charge in [-0.25, -0.2) is 0 Å². The maximum atomic E-state index is 12.4. The Bertz CT molecular complexity index is 652. The molecule has 6 nitrogen and oxygen atoms in total. The maximum Gasteiger partial charge on any atom is 0.328 e. The van der Waals surface area contributed by atoms with Crippen LogP contribution in [0.2, 0.25) is 0 Å². The van der Waals surface area contributed by atoms with Gasteiger partial charge in [-0.15, -0.1) is 0 Å². The van der Waals surface area contributed by atoms with Crippen molar-refractivity contribution in [2.24, 2.45) is 16.7 Å². The minimum absolute atomic E-state index is 0.0660. The molecule has 0 saturated carbocycles. The number of rotatable bonds is 5. The summed E-state index contributed by atoms with van der Waals surface area (Å²) in [5, 5.41) is 0. The topological polar surface area (TPSA) is 86.7 Å². The molecular formula is C21H28O6. The smallest absolute Gasteiger partial charge is 0.328 e. The molecule has 0 spiro atoms. The van der Waals surface area contributed by atoms with Crippen LogP contribution in [0.25, 0.3) is 0 Å². The Balaban J connectivity index is 2.93. The third-order valence-electron chi connectivity index (χ3n) is 3.74. The summed E-state index contributed by atoms with van der Waals surface area (Å²) in [7, 11) is 0. The van der Waals surface area contributed by atoms with E-state index in [0.717, 1.165) is 5.56 Å². The van der Waals surface area contributed by atoms with E-state index in [4.69, 9.17) is 9.47 Å². The van der Waals surface area contributed by atoms with Crippen LogP contribution in [0.5, 0.6) is 0 Å². The molecule has 6 heteroatoms. The summed E-state index contributed by atoms with van der Waals surface area (Å²) in [6.45, 7) is 9.60. The molecule has 0 saturated heterocycles. The van der Waals surface area contributed by atoms with E-state index in [0.29, 0.717) is 6.42 Å². The summed E-state index contributed by atoms with van der Waals surface area (Å²) in [6.07, 6.45) is 0.458. The molecule has 0 aromatic heterocycles. The first-order chi connectivity index (χ1) is 12.3. The van der Waals surface area contributed by atoms with E-state index in [9.17, 15) is 19.2 Å². The molecule has 148 valence electrons. The van der Waals surface area contributed by atoms with Crippen molar-refractivity contribution in [3.8, 4) is 0 Å². The fourth-order valence-electron chi connectivity index (χ4n) is 1.92. The maximum absolute atomic E-state index is 12.4. The molecule has 0 fully saturated rings. The molecule has 0 atom stereocenters. The number of carbonyl (C=O) groups is 4. The third kappa shape index (κ3) is 7.33. The van der Waals surface area contributed by atoms with E-state index >= 15 is 0 Å². The van der Waals surface area contributed by atoms with Crippen molar-refractivity contribution < 1.29 is 28.7 Å². The average Bonchev–Trinajstić information content (AvgIpc) is 2.54. The highest BCUT2D eigenvalue weighted by atomic mass is 16.6. The molecule has 0 aliphatic rings. The summed E-state index contributed by atoms with van der Waals surface area (Å²) in [5.74, 6) is -4.85. The van der Waals surface area contributed by atoms with Gasteiger partial charge in [0.25, 0.3) is 0 Å². The SMILES string of the molecule is CC(C)(C)C(=O)OC(=O)C(CCc1ccccc1)C(=O)OC(=O)C(C)(C)C. The predicted octanol–water partition coefficient (Wildman–Crippen LogP) is 3.47. The molecule has 0 N–H and O–H groups in total. The van der Waals surface area contributed by atoms with Crippen LogP contribution >= 0.6 is 0 Å². The van der Waals surface area contributed by atoms with Crippen LogP contribution in [0.3, 0.4) is 0 Å². The number of hydrogen-bond acceptors (Lipinski definition) is 6. The van der Waals surface area contributed by atoms with Crippen molar-refractivity contribution in [2.75, 3.05) is 0 Å². The Morgan fingerprint density at radius 1 is 0.778 bits per heavy atom. The van der Waals surface area contributed by atoms with Crippen LogP contribution in [-0.4, -0.2) is 23.9 Å². The second-order valence-electron chi connectivity index (χ2n) is 8.49. The van der Waals surface area contributed by atoms with Crippen molar-refractivity contribution in [1.82, 2.24) is 0 Å². The van der Waals surface area contributed by atoms with Crippen molar-refractivity contribution in [1.29, 1.82) is 0 Å². The summed E-state index contributed by atoms with van der Waals surface area (Å²) >= 11 is 0. The molecule has 0 bridgehead atoms. The average molecular weight is 376 g/mol. The van der Waals surface area contributed by atoms with Gasteiger partial charge < -0.3 is 9.47 Å². The van der Waals surface area contributed by atoms with Gasteiger partial charge in [0.15, 0.2) is 5.92 Å². The Morgan fingerprint density at radius 3 is 1.56 bits per heavy atom. The quantitative estimate of drug-likeness (QED) is 0.578. The van der Waals surface area contributed by atoms with Crippen molar-refractivity contribution >= 4 is 23.9 Å². The predicted molar refractivity (Wildman–Crippen MR) is 99.4 cm³/mol. The summed E-state index contributed by atoms with van der Waals surface area (Å²) in [5.41, 5.74) is -0.886. The van der Waals surface area contributed by atoms with E-state index in [2.05, 4.69) is 0 Å². The lowest BCUT2D eigenvalue weighted by atomic mass is 9.96. The van der Waals surface area contributed by atoms with Crippen LogP contribution in [0, 0.1) is 16.7 Å². The lowest BCUT2D eigenvalue weighted by Crippen LogP contribution is -2.36. The van der Waals surface area contributed by atoms with Gasteiger partial charge in [0.2, 0.25) is 0 Å². The van der Waals surface area contributed by atoms with Gasteiger partial charge in [0.05, 0.1) is 10.8 Å². The van der Waals surface area contributed by atoms with Crippen molar-refractivity contribution in [2.45, 2.75) is 54.4 Å². The highest BCUT2D eigenvalue weighted by molar-refractivity contribution is 6.03. The molecule has 0 aliphatic carbocycles. The van der Waals surface area contributed by atoms with Crippen LogP contribution in [0.1, 0.15) is 53.5 Å². The number of carbonyl (C=O) groups excluding carboxylic acids is 4. The zero-order chi connectivity index (χ0) is 20.8. The fraction of sp³-hybridized carbons (Fsp3) is 0.524. The number of hydrogen-bond donors (Lipinski definition) is 0. The third-order valence-corrected chi connectivity index (χ3v) is 3.74. The van der Waals surface area contributed by atoms with Crippen LogP contribution in [0.4, 0.5) is 0 Å². The summed E-state index contributed by atoms with van der Waals surface area (Å²) in [6, 6.07) is 9.25. The molecule has 27 heavy (non-hydrogen) atoms. The van der Waals surface area contributed by atoms with Gasteiger partial charge in [-0.2, -0.15) is 0 Å². The van der Waals surface area contributed by atoms with Gasteiger partial charge in [-0.1, -0.05) is 30.3 Å². The summed E-state index contributed by atoms with van der Waals surface area (Å²) < 4.78 is 9.73. The molecule has 0 aliphatic heterocycles. The Hall–Kier alpha value is -2.50. The summed E-state index contributed by atoms with van der Waals surface area (Å²) in [4.78, 5) is 48.9. The zero-order valence-corrected chi connectivity index (χ0v) is 16.8. The first-order valence-electron chi connectivity index (χ1n) is 8.88. The lowest BCUT2D eigenvalue weighted by Gasteiger charge is -2.20. The van der Waals surface area contributed by atoms with Crippen LogP contribution in [0.15, 0.2) is 30.3 Å². The Kier molecular flexibility index (Phi) is 7.46. The zero-order valence-electron chi connectivity index (χ0n) is 16.8. The highest BCUT2D eigenvalue weighted by Gasteiger charge is 2.37. The highest BCUT2D eigenvalue weighted by Crippen LogP contribution is 2.21. The standard InChI is InChI=1S/C21H28O6/c1-20(2,3)18(24)26-16(22)15(13-12-14-10-8-7-9-11-14)17(23)27-19(25)21(4,5)6/h7-11,15H,12-13H2,1-6H3. The first kappa shape index (κ1) is 22.5. The van der Waals surface area contributed by atoms with Gasteiger partial charge >= 0.3 is 23.9 Å². The van der Waals surface area contributed by atoms with Gasteiger partial charge in [0, 0.05) is 0 Å². The second-order valence-corrected chi connectivity index (χ2v) is 8.49. The second kappa shape index (κ2) is 8.93. The van der Waals surface area contributed by atoms with Gasteiger partial charge in [-0.05, 0) is 59.9 Å². The van der Waals surface area contributed by atoms with Crippen LogP contribution in [-0.2, 0) is 35.1 Å². The van der Waals surface area contributed by atoms with E-state index in [1.165, 1.54) is 0 Å². The Morgan fingerprint density at radius 2 is 1.19 bits per heavy atom. The fourth-order valence-corrected chi connectivity index (χ4v) is 1.92. The molecule has 0 radical (unpaired) electrons. The molecular weight excluding hydrogens is 348 g/mol. The lowest BCUT2D eigenvalue weighted by molar-refractivity contribution is -0.176. The first-order valence-corrected chi connectivity index (χ1v) is 8.88. The van der Waals surface area contributed by atoms with Gasteiger partial charge in [-0.3, -0.25) is 19.2 Å². The number of ether oxygens (including phenoxy) is 2. The number of esters is 4. The Labute approximate surface area is 160 Å². The van der Waals surface area contributed by atoms with E-state index in [-0.39, 0.29) is 6.42 Å². The number of aryl methyl sites for hydroxylation is 1. The normalized spacial score (nSPS) is 11.8. The molecule has 1 aromatic carbocycles. The van der Waals surface area contributed by atoms with E-state index in [1.807, 2.05) is 30.3 Å². The minimum atomic E-state index is -1.36. The molecule has 0 unspecified atom stereocenters. The van der Waals surface area contributed by atoms with E-state index in [1.54, 1.807) is 41.5 Å². The monoisotopic (exact) mass is 376 g/mol. The van der Waals surface area contributed by atoms with Crippen molar-refractivity contribution in [3.05, 3.63) is 35.9 Å². The molecule has 0 heterocycles. The molecule has 1 rings (SSSR count). The van der Waals surface area contributed by atoms with E-state index < -0.39 is 40.6 Å². The molecule has 0 amide bonds. The minimum Gasteiger partial charge on any atom is -0.392 e. The number of benzene rings is 1. The largest absolute Gasteiger partial charge is 0.392 e. The van der Waals surface area contributed by atoms with Crippen LogP contribution < -0.4 is 0 Å². The molecule has 1 aromatic rings.